The van der Waals surface area contributed by atoms with Gasteiger partial charge in [-0.3, -0.25) is 4.79 Å². The molecular formula is C28H46O10. The Morgan fingerprint density at radius 3 is 2.32 bits per heavy atom. The standard InChI is InChI=1S/C28H46O10/c1-14(30)37-24-27-10-7-17-25(2,3)19(31)8-9-26(17,4)18(27)6-5-15(11-27)28(24,35)13-36-23-22(34)21(33)20(32)16(12-29)38-23/h15-24,29,31-35H,5-13H2,1-4H3/t15-,16-,17-,18+,19-,20+,21+,22-,23-,24-,26-,27-,28+/m0/s1. The number of rotatable bonds is 5. The molecule has 0 amide bonds. The van der Waals surface area contributed by atoms with E-state index in [2.05, 4.69) is 20.8 Å². The molecule has 0 unspecified atom stereocenters. The van der Waals surface area contributed by atoms with Crippen LogP contribution in [0.5, 0.6) is 0 Å². The maximum absolute atomic E-state index is 12.4. The Balaban J connectivity index is 1.44. The molecule has 4 aliphatic carbocycles. The molecule has 0 aromatic heterocycles. The van der Waals surface area contributed by atoms with Gasteiger partial charge in [-0.15, -0.1) is 0 Å². The van der Waals surface area contributed by atoms with Gasteiger partial charge in [0.05, 0.1) is 19.3 Å². The van der Waals surface area contributed by atoms with Crippen LogP contribution in [0.1, 0.15) is 72.6 Å². The second-order valence-corrected chi connectivity index (χ2v) is 13.7. The first kappa shape index (κ1) is 28.7. The van der Waals surface area contributed by atoms with Crippen LogP contribution in [0.15, 0.2) is 0 Å². The largest absolute Gasteiger partial charge is 0.459 e. The normalized spacial score (nSPS) is 53.6. The number of aliphatic hydroxyl groups excluding tert-OH is 5. The highest BCUT2D eigenvalue weighted by atomic mass is 16.7. The van der Waals surface area contributed by atoms with Gasteiger partial charge >= 0.3 is 5.97 Å². The van der Waals surface area contributed by atoms with E-state index in [0.717, 1.165) is 38.5 Å². The molecule has 5 aliphatic rings. The summed E-state index contributed by atoms with van der Waals surface area (Å²) in [7, 11) is 0. The van der Waals surface area contributed by atoms with Crippen molar-refractivity contribution in [3.05, 3.63) is 0 Å². The Hall–Kier alpha value is -0.850. The Morgan fingerprint density at radius 2 is 1.66 bits per heavy atom. The van der Waals surface area contributed by atoms with E-state index >= 15 is 0 Å². The van der Waals surface area contributed by atoms with Gasteiger partial charge in [0.15, 0.2) is 6.29 Å². The van der Waals surface area contributed by atoms with Crippen LogP contribution in [0, 0.1) is 34.0 Å². The fourth-order valence-electron chi connectivity index (χ4n) is 9.79. The zero-order valence-electron chi connectivity index (χ0n) is 23.0. The average molecular weight is 543 g/mol. The molecule has 218 valence electrons. The first-order chi connectivity index (χ1) is 17.7. The highest BCUT2D eigenvalue weighted by Crippen LogP contribution is 2.73. The van der Waals surface area contributed by atoms with Crippen molar-refractivity contribution in [2.45, 2.75) is 121 Å². The summed E-state index contributed by atoms with van der Waals surface area (Å²) in [5.74, 6) is -0.172. The van der Waals surface area contributed by atoms with E-state index in [1.807, 2.05) is 0 Å². The van der Waals surface area contributed by atoms with Crippen molar-refractivity contribution in [2.24, 2.45) is 34.0 Å². The van der Waals surface area contributed by atoms with Crippen molar-refractivity contribution in [2.75, 3.05) is 13.2 Å². The van der Waals surface area contributed by atoms with Crippen LogP contribution in [0.3, 0.4) is 0 Å². The maximum Gasteiger partial charge on any atom is 0.303 e. The van der Waals surface area contributed by atoms with Crippen molar-refractivity contribution in [3.8, 4) is 0 Å². The average Bonchev–Trinajstić information content (AvgIpc) is 3.02. The van der Waals surface area contributed by atoms with E-state index in [0.29, 0.717) is 12.3 Å². The van der Waals surface area contributed by atoms with Gasteiger partial charge in [0.1, 0.15) is 36.1 Å². The van der Waals surface area contributed by atoms with Crippen molar-refractivity contribution in [1.29, 1.82) is 0 Å². The third-order valence-corrected chi connectivity index (χ3v) is 11.6. The van der Waals surface area contributed by atoms with Crippen LogP contribution in [-0.4, -0.2) is 98.3 Å². The van der Waals surface area contributed by atoms with Crippen LogP contribution in [-0.2, 0) is 19.0 Å². The first-order valence-electron chi connectivity index (χ1n) is 14.2. The number of fused-ring (bicyclic) bond motifs is 3. The van der Waals surface area contributed by atoms with E-state index in [9.17, 15) is 35.4 Å². The summed E-state index contributed by atoms with van der Waals surface area (Å²) in [6.07, 6.45) is -2.82. The van der Waals surface area contributed by atoms with Gasteiger partial charge < -0.3 is 44.8 Å². The van der Waals surface area contributed by atoms with E-state index < -0.39 is 60.4 Å². The van der Waals surface area contributed by atoms with Gasteiger partial charge in [-0.2, -0.15) is 0 Å². The zero-order chi connectivity index (χ0) is 27.8. The number of ether oxygens (including phenoxy) is 3. The van der Waals surface area contributed by atoms with E-state index in [-0.39, 0.29) is 35.4 Å². The molecule has 1 heterocycles. The molecule has 1 aliphatic heterocycles. The van der Waals surface area contributed by atoms with Crippen molar-refractivity contribution in [3.63, 3.8) is 0 Å². The van der Waals surface area contributed by atoms with Gasteiger partial charge in [0.2, 0.25) is 0 Å². The molecule has 0 radical (unpaired) electrons. The molecule has 0 aromatic rings. The minimum atomic E-state index is -1.59. The lowest BCUT2D eigenvalue weighted by molar-refractivity contribution is -0.313. The highest BCUT2D eigenvalue weighted by Gasteiger charge is 2.73. The lowest BCUT2D eigenvalue weighted by Crippen LogP contribution is -2.63. The molecule has 38 heavy (non-hydrogen) atoms. The monoisotopic (exact) mass is 542 g/mol. The molecule has 10 heteroatoms. The van der Waals surface area contributed by atoms with E-state index in [4.69, 9.17) is 14.2 Å². The summed E-state index contributed by atoms with van der Waals surface area (Å²) in [6.45, 7) is 7.11. The molecule has 4 saturated carbocycles. The molecule has 13 atom stereocenters. The second kappa shape index (κ2) is 9.62. The predicted molar refractivity (Wildman–Crippen MR) is 133 cm³/mol. The van der Waals surface area contributed by atoms with Gasteiger partial charge in [0, 0.05) is 12.3 Å². The third kappa shape index (κ3) is 4.01. The minimum absolute atomic E-state index is 0.0757. The van der Waals surface area contributed by atoms with Crippen molar-refractivity contribution < 1.29 is 49.6 Å². The number of carbonyl (C=O) groups excluding carboxylic acids is 1. The SMILES string of the molecule is CC(=O)O[C@@H]1[C@@](O)(CO[C@H]2O[C@@H](CO)[C@@H](O)[C@@H](O)[C@@H]2O)[C@H]2CC[C@@H]3[C@@]4(C)CC[C@H](O)C(C)(C)[C@@H]4CC[C@]31C2. The smallest absolute Gasteiger partial charge is 0.303 e. The molecular weight excluding hydrogens is 496 g/mol. The van der Waals surface area contributed by atoms with E-state index in [1.165, 1.54) is 6.92 Å². The summed E-state index contributed by atoms with van der Waals surface area (Å²) in [5, 5.41) is 63.4. The fourth-order valence-corrected chi connectivity index (χ4v) is 9.79. The van der Waals surface area contributed by atoms with Gasteiger partial charge in [0.25, 0.3) is 0 Å². The first-order valence-corrected chi connectivity index (χ1v) is 14.2. The molecule has 2 bridgehead atoms. The summed E-state index contributed by atoms with van der Waals surface area (Å²) < 4.78 is 17.4. The maximum atomic E-state index is 12.4. The Kier molecular flexibility index (Phi) is 7.26. The molecule has 1 saturated heterocycles. The zero-order valence-corrected chi connectivity index (χ0v) is 23.0. The summed E-state index contributed by atoms with van der Waals surface area (Å²) in [4.78, 5) is 12.4. The Labute approximate surface area is 224 Å². The topological polar surface area (TPSA) is 166 Å². The van der Waals surface area contributed by atoms with Crippen LogP contribution < -0.4 is 0 Å². The summed E-state index contributed by atoms with van der Waals surface area (Å²) in [5.41, 5.74) is -2.28. The second-order valence-electron chi connectivity index (χ2n) is 13.7. The number of esters is 1. The van der Waals surface area contributed by atoms with Crippen LogP contribution >= 0.6 is 0 Å². The summed E-state index contributed by atoms with van der Waals surface area (Å²) in [6, 6.07) is 0. The lowest BCUT2D eigenvalue weighted by Gasteiger charge is -2.65. The van der Waals surface area contributed by atoms with Crippen LogP contribution in [0.2, 0.25) is 0 Å². The predicted octanol–water partition coefficient (Wildman–Crippen LogP) is 0.479. The number of hydrogen-bond donors (Lipinski definition) is 6. The molecule has 10 nitrogen and oxygen atoms in total. The van der Waals surface area contributed by atoms with Gasteiger partial charge in [-0.1, -0.05) is 20.8 Å². The molecule has 5 rings (SSSR count). The van der Waals surface area contributed by atoms with Crippen LogP contribution in [0.25, 0.3) is 0 Å². The third-order valence-electron chi connectivity index (χ3n) is 11.6. The quantitative estimate of drug-likeness (QED) is 0.269. The summed E-state index contributed by atoms with van der Waals surface area (Å²) >= 11 is 0. The number of hydrogen-bond acceptors (Lipinski definition) is 10. The minimum Gasteiger partial charge on any atom is -0.459 e. The van der Waals surface area contributed by atoms with Crippen molar-refractivity contribution in [1.82, 2.24) is 0 Å². The van der Waals surface area contributed by atoms with Crippen molar-refractivity contribution >= 4 is 5.97 Å². The Morgan fingerprint density at radius 1 is 0.947 bits per heavy atom. The molecule has 0 aromatic carbocycles. The fraction of sp³-hybridized carbons (Fsp3) is 0.964. The highest BCUT2D eigenvalue weighted by molar-refractivity contribution is 5.66. The van der Waals surface area contributed by atoms with E-state index in [1.54, 1.807) is 0 Å². The lowest BCUT2D eigenvalue weighted by atomic mass is 9.40. The van der Waals surface area contributed by atoms with Crippen LogP contribution in [0.4, 0.5) is 0 Å². The molecule has 1 spiro atoms. The van der Waals surface area contributed by atoms with Gasteiger partial charge in [-0.05, 0) is 73.5 Å². The molecule has 6 N–H and O–H groups in total. The van der Waals surface area contributed by atoms with Gasteiger partial charge in [-0.25, -0.2) is 0 Å². The molecule has 5 fully saturated rings. The Bertz CT molecular complexity index is 910. The number of aliphatic hydroxyl groups is 6. The number of carbonyl (C=O) groups is 1.